The lowest BCUT2D eigenvalue weighted by molar-refractivity contribution is -0.384. The fourth-order valence-corrected chi connectivity index (χ4v) is 1.92. The Morgan fingerprint density at radius 1 is 1.32 bits per heavy atom. The number of carbonyl (C=O) groups is 2. The van der Waals surface area contributed by atoms with Crippen LogP contribution in [0.4, 0.5) is 11.4 Å². The van der Waals surface area contributed by atoms with Crippen LogP contribution in [0.5, 0.6) is 0 Å². The summed E-state index contributed by atoms with van der Waals surface area (Å²) in [6.07, 6.45) is 0.805. The van der Waals surface area contributed by atoms with E-state index in [1.165, 1.54) is 12.1 Å². The summed E-state index contributed by atoms with van der Waals surface area (Å²) in [4.78, 5) is 34.0. The normalized spacial score (nSPS) is 10.4. The lowest BCUT2D eigenvalue weighted by Crippen LogP contribution is -2.30. The maximum Gasteiger partial charge on any atom is 0.341 e. The second kappa shape index (κ2) is 10.2. The van der Waals surface area contributed by atoms with E-state index in [-0.39, 0.29) is 30.1 Å². The Hall–Kier alpha value is -2.68. The minimum atomic E-state index is -0.858. The molecule has 0 atom stereocenters. The van der Waals surface area contributed by atoms with Gasteiger partial charge in [-0.1, -0.05) is 13.8 Å². The van der Waals surface area contributed by atoms with Crippen LogP contribution in [-0.2, 0) is 9.53 Å². The van der Waals surface area contributed by atoms with E-state index in [0.717, 1.165) is 12.5 Å². The first-order valence-electron chi connectivity index (χ1n) is 7.92. The average Bonchev–Trinajstić information content (AvgIpc) is 2.57. The number of aliphatic hydroxyl groups excluding tert-OH is 1. The van der Waals surface area contributed by atoms with Crippen molar-refractivity contribution in [1.82, 2.24) is 5.32 Å². The first-order valence-corrected chi connectivity index (χ1v) is 7.92. The maximum atomic E-state index is 12.2. The summed E-state index contributed by atoms with van der Waals surface area (Å²) < 4.78 is 4.93. The topological polar surface area (TPSA) is 131 Å². The van der Waals surface area contributed by atoms with Crippen molar-refractivity contribution in [3.05, 3.63) is 33.9 Å². The van der Waals surface area contributed by atoms with E-state index in [1.807, 2.05) is 13.8 Å². The van der Waals surface area contributed by atoms with Crippen LogP contribution in [-0.4, -0.2) is 48.2 Å². The molecule has 0 aliphatic carbocycles. The quantitative estimate of drug-likeness (QED) is 0.328. The van der Waals surface area contributed by atoms with Gasteiger partial charge in [-0.25, -0.2) is 4.79 Å². The second-order valence-corrected chi connectivity index (χ2v) is 5.75. The molecular formula is C16H23N3O6. The number of rotatable bonds is 10. The smallest absolute Gasteiger partial charge is 0.341 e. The third-order valence-electron chi connectivity index (χ3n) is 3.24. The van der Waals surface area contributed by atoms with Crippen molar-refractivity contribution in [2.24, 2.45) is 5.92 Å². The van der Waals surface area contributed by atoms with Gasteiger partial charge in [0.1, 0.15) is 0 Å². The number of hydrogen-bond donors (Lipinski definition) is 3. The average molecular weight is 353 g/mol. The van der Waals surface area contributed by atoms with Gasteiger partial charge in [-0.05, 0) is 18.4 Å². The molecule has 1 amide bonds. The molecule has 138 valence electrons. The fourth-order valence-electron chi connectivity index (χ4n) is 1.92. The molecule has 0 saturated heterocycles. The van der Waals surface area contributed by atoms with Gasteiger partial charge in [0.15, 0.2) is 6.61 Å². The van der Waals surface area contributed by atoms with Crippen molar-refractivity contribution in [1.29, 1.82) is 0 Å². The molecule has 1 aromatic carbocycles. The lowest BCUT2D eigenvalue weighted by atomic mass is 10.1. The maximum absolute atomic E-state index is 12.2. The van der Waals surface area contributed by atoms with Crippen LogP contribution in [0.2, 0.25) is 0 Å². The summed E-state index contributed by atoms with van der Waals surface area (Å²) in [5.74, 6) is -0.861. The summed E-state index contributed by atoms with van der Waals surface area (Å²) in [6.45, 7) is 4.04. The van der Waals surface area contributed by atoms with Crippen molar-refractivity contribution in [2.45, 2.75) is 20.3 Å². The number of aliphatic hydroxyl groups is 1. The number of carbonyl (C=O) groups excluding carboxylic acids is 2. The molecule has 0 aromatic heterocycles. The largest absolute Gasteiger partial charge is 0.452 e. The van der Waals surface area contributed by atoms with Crippen molar-refractivity contribution in [2.75, 3.05) is 31.6 Å². The number of hydrogen-bond acceptors (Lipinski definition) is 7. The SMILES string of the molecule is CC(C)CCNC(=O)COC(=O)c1cc([N+](=O)[O-])ccc1NCCO. The molecule has 0 bridgehead atoms. The van der Waals surface area contributed by atoms with Crippen molar-refractivity contribution in [3.63, 3.8) is 0 Å². The molecule has 0 heterocycles. The van der Waals surface area contributed by atoms with Crippen LogP contribution in [0.1, 0.15) is 30.6 Å². The predicted octanol–water partition coefficient (Wildman–Crippen LogP) is 1.32. The summed E-state index contributed by atoms with van der Waals surface area (Å²) in [7, 11) is 0. The van der Waals surface area contributed by atoms with E-state index in [9.17, 15) is 19.7 Å². The van der Waals surface area contributed by atoms with E-state index in [4.69, 9.17) is 9.84 Å². The monoisotopic (exact) mass is 353 g/mol. The van der Waals surface area contributed by atoms with E-state index < -0.39 is 23.4 Å². The molecule has 3 N–H and O–H groups in total. The van der Waals surface area contributed by atoms with Crippen molar-refractivity contribution >= 4 is 23.3 Å². The number of anilines is 1. The minimum absolute atomic E-state index is 0.0716. The number of amides is 1. The molecule has 9 heteroatoms. The van der Waals surface area contributed by atoms with Crippen LogP contribution in [0, 0.1) is 16.0 Å². The van der Waals surface area contributed by atoms with Gasteiger partial charge in [0.05, 0.1) is 17.1 Å². The number of nitro benzene ring substituents is 1. The summed E-state index contributed by atoms with van der Waals surface area (Å²) in [5.41, 5.74) is -0.0645. The fraction of sp³-hybridized carbons (Fsp3) is 0.500. The van der Waals surface area contributed by atoms with E-state index in [1.54, 1.807) is 0 Å². The van der Waals surface area contributed by atoms with Gasteiger partial charge in [0.2, 0.25) is 0 Å². The third-order valence-corrected chi connectivity index (χ3v) is 3.24. The second-order valence-electron chi connectivity index (χ2n) is 5.75. The predicted molar refractivity (Wildman–Crippen MR) is 91.4 cm³/mol. The van der Waals surface area contributed by atoms with Crippen LogP contribution in [0.25, 0.3) is 0 Å². The van der Waals surface area contributed by atoms with Gasteiger partial charge >= 0.3 is 5.97 Å². The number of benzene rings is 1. The van der Waals surface area contributed by atoms with Gasteiger partial charge in [0, 0.05) is 30.9 Å². The highest BCUT2D eigenvalue weighted by molar-refractivity contribution is 5.97. The summed E-state index contributed by atoms with van der Waals surface area (Å²) >= 11 is 0. The molecule has 1 rings (SSSR count). The van der Waals surface area contributed by atoms with Crippen LogP contribution in [0.3, 0.4) is 0 Å². The van der Waals surface area contributed by atoms with Crippen molar-refractivity contribution in [3.8, 4) is 0 Å². The zero-order valence-electron chi connectivity index (χ0n) is 14.3. The number of nitro groups is 1. The van der Waals surface area contributed by atoms with Crippen LogP contribution >= 0.6 is 0 Å². The minimum Gasteiger partial charge on any atom is -0.452 e. The van der Waals surface area contributed by atoms with Gasteiger partial charge in [-0.3, -0.25) is 14.9 Å². The van der Waals surface area contributed by atoms with E-state index in [2.05, 4.69) is 10.6 Å². The Balaban J connectivity index is 2.72. The summed E-state index contributed by atoms with van der Waals surface area (Å²) in [6, 6.07) is 3.65. The number of esters is 1. The molecule has 0 spiro atoms. The standard InChI is InChI=1S/C16H23N3O6/c1-11(2)5-6-18-15(21)10-25-16(22)13-9-12(19(23)24)3-4-14(13)17-7-8-20/h3-4,9,11,17,20H,5-8,10H2,1-2H3,(H,18,21). The van der Waals surface area contributed by atoms with Gasteiger partial charge in [-0.2, -0.15) is 0 Å². The molecule has 0 aliphatic heterocycles. The molecule has 0 radical (unpaired) electrons. The third kappa shape index (κ3) is 7.17. The first kappa shape index (κ1) is 20.4. The Bertz CT molecular complexity index is 618. The zero-order chi connectivity index (χ0) is 18.8. The lowest BCUT2D eigenvalue weighted by Gasteiger charge is -2.11. The van der Waals surface area contributed by atoms with Crippen LogP contribution in [0.15, 0.2) is 18.2 Å². The molecule has 0 saturated carbocycles. The Morgan fingerprint density at radius 3 is 2.64 bits per heavy atom. The Labute approximate surface area is 145 Å². The highest BCUT2D eigenvalue weighted by Crippen LogP contribution is 2.23. The zero-order valence-corrected chi connectivity index (χ0v) is 14.3. The molecule has 0 fully saturated rings. The van der Waals surface area contributed by atoms with Crippen molar-refractivity contribution < 1.29 is 24.4 Å². The van der Waals surface area contributed by atoms with E-state index in [0.29, 0.717) is 12.5 Å². The molecular weight excluding hydrogens is 330 g/mol. The van der Waals surface area contributed by atoms with Gasteiger partial charge < -0.3 is 20.5 Å². The van der Waals surface area contributed by atoms with Gasteiger partial charge in [-0.15, -0.1) is 0 Å². The number of nitrogens with zero attached hydrogens (tertiary/aromatic N) is 1. The van der Waals surface area contributed by atoms with Gasteiger partial charge in [0.25, 0.3) is 11.6 Å². The molecule has 25 heavy (non-hydrogen) atoms. The molecule has 0 aliphatic rings. The first-order chi connectivity index (χ1) is 11.8. The number of nitrogens with one attached hydrogen (secondary N) is 2. The highest BCUT2D eigenvalue weighted by atomic mass is 16.6. The Kier molecular flexibility index (Phi) is 8.34. The number of non-ortho nitro benzene ring substituents is 1. The number of ether oxygens (including phenoxy) is 1. The Morgan fingerprint density at radius 2 is 2.04 bits per heavy atom. The molecule has 1 aromatic rings. The van der Waals surface area contributed by atoms with E-state index >= 15 is 0 Å². The molecule has 0 unspecified atom stereocenters. The molecule has 9 nitrogen and oxygen atoms in total. The van der Waals surface area contributed by atoms with Crippen LogP contribution < -0.4 is 10.6 Å². The highest BCUT2D eigenvalue weighted by Gasteiger charge is 2.19. The summed E-state index contributed by atoms with van der Waals surface area (Å²) in [5, 5.41) is 25.1.